The average molecular weight is 481 g/mol. The number of hydrogen-bond donors (Lipinski definition) is 2. The molecule has 0 saturated heterocycles. The van der Waals surface area contributed by atoms with Gasteiger partial charge in [-0.15, -0.1) is 0 Å². The van der Waals surface area contributed by atoms with E-state index in [9.17, 15) is 13.2 Å². The van der Waals surface area contributed by atoms with Crippen molar-refractivity contribution in [1.82, 2.24) is 24.5 Å². The third-order valence-electron chi connectivity index (χ3n) is 5.34. The standard InChI is InChI=1S/C20H16ClF3N6OS/c21-12-5-3-11(4-6-12)14-8-16(20(22,23)24)30-17(25-14)9-15(28-30)18-26-27-19(32)29(18)10-13-2-1-7-31-13/h1-7,9,14,16,25H,8,10H2,(H,27,32)/t14-,16+/m0/s1. The Kier molecular flexibility index (Phi) is 5.09. The van der Waals surface area contributed by atoms with E-state index in [1.807, 2.05) is 0 Å². The van der Waals surface area contributed by atoms with Gasteiger partial charge in [0.15, 0.2) is 16.6 Å². The molecular formula is C20H16ClF3N6OS. The van der Waals surface area contributed by atoms with E-state index >= 15 is 0 Å². The summed E-state index contributed by atoms with van der Waals surface area (Å²) >= 11 is 11.2. The van der Waals surface area contributed by atoms with Gasteiger partial charge in [0.05, 0.1) is 18.8 Å². The Morgan fingerprint density at radius 3 is 2.69 bits per heavy atom. The molecule has 4 heterocycles. The summed E-state index contributed by atoms with van der Waals surface area (Å²) in [7, 11) is 0. The minimum atomic E-state index is -4.48. The molecule has 1 aromatic carbocycles. The summed E-state index contributed by atoms with van der Waals surface area (Å²) in [5, 5.41) is 14.8. The fraction of sp³-hybridized carbons (Fsp3) is 0.250. The summed E-state index contributed by atoms with van der Waals surface area (Å²) < 4.78 is 50.1. The van der Waals surface area contributed by atoms with Gasteiger partial charge < -0.3 is 9.73 Å². The number of furan rings is 1. The number of rotatable bonds is 4. The molecular weight excluding hydrogens is 465 g/mol. The second kappa shape index (κ2) is 7.82. The van der Waals surface area contributed by atoms with Gasteiger partial charge in [-0.3, -0.25) is 9.67 Å². The first-order chi connectivity index (χ1) is 15.3. The van der Waals surface area contributed by atoms with Gasteiger partial charge >= 0.3 is 6.18 Å². The largest absolute Gasteiger partial charge is 0.467 e. The predicted molar refractivity (Wildman–Crippen MR) is 114 cm³/mol. The summed E-state index contributed by atoms with van der Waals surface area (Å²) in [4.78, 5) is 0. The lowest BCUT2D eigenvalue weighted by Gasteiger charge is -2.33. The van der Waals surface area contributed by atoms with Gasteiger partial charge in [0.25, 0.3) is 0 Å². The highest BCUT2D eigenvalue weighted by atomic mass is 35.5. The summed E-state index contributed by atoms with van der Waals surface area (Å²) in [5.41, 5.74) is 0.968. The lowest BCUT2D eigenvalue weighted by molar-refractivity contribution is -0.173. The van der Waals surface area contributed by atoms with E-state index in [1.54, 1.807) is 47.0 Å². The Balaban J connectivity index is 1.54. The first-order valence-corrected chi connectivity index (χ1v) is 10.4. The molecule has 0 saturated carbocycles. The van der Waals surface area contributed by atoms with Gasteiger partial charge in [-0.05, 0) is 42.0 Å². The number of hydrogen-bond acceptors (Lipinski definition) is 5. The molecule has 0 fully saturated rings. The number of anilines is 1. The number of aromatic amines is 1. The Morgan fingerprint density at radius 2 is 2.00 bits per heavy atom. The molecule has 3 aromatic heterocycles. The van der Waals surface area contributed by atoms with E-state index in [4.69, 9.17) is 28.2 Å². The number of alkyl halides is 3. The van der Waals surface area contributed by atoms with Crippen molar-refractivity contribution >= 4 is 29.6 Å². The van der Waals surface area contributed by atoms with Crippen LogP contribution in [-0.2, 0) is 6.54 Å². The number of benzene rings is 1. The number of halogens is 4. The topological polar surface area (TPSA) is 76.6 Å². The van der Waals surface area contributed by atoms with Crippen molar-refractivity contribution in [3.63, 3.8) is 0 Å². The first-order valence-electron chi connectivity index (χ1n) is 9.66. The molecule has 0 unspecified atom stereocenters. The fourth-order valence-electron chi connectivity index (χ4n) is 3.81. The van der Waals surface area contributed by atoms with Crippen LogP contribution < -0.4 is 5.32 Å². The Labute approximate surface area is 189 Å². The van der Waals surface area contributed by atoms with E-state index in [0.29, 0.717) is 26.9 Å². The Morgan fingerprint density at radius 1 is 1.22 bits per heavy atom. The molecule has 166 valence electrons. The van der Waals surface area contributed by atoms with Gasteiger partial charge in [-0.2, -0.15) is 23.4 Å². The van der Waals surface area contributed by atoms with Crippen molar-refractivity contribution in [3.05, 3.63) is 69.8 Å². The second-order valence-electron chi connectivity index (χ2n) is 7.42. The van der Waals surface area contributed by atoms with Crippen molar-refractivity contribution in [1.29, 1.82) is 0 Å². The van der Waals surface area contributed by atoms with Crippen LogP contribution in [0.1, 0.15) is 29.8 Å². The summed E-state index contributed by atoms with van der Waals surface area (Å²) in [6.45, 7) is 0.267. The lowest BCUT2D eigenvalue weighted by atomic mass is 9.97. The number of fused-ring (bicyclic) bond motifs is 1. The zero-order valence-electron chi connectivity index (χ0n) is 16.3. The molecule has 7 nitrogen and oxygen atoms in total. The van der Waals surface area contributed by atoms with Crippen LogP contribution in [0.3, 0.4) is 0 Å². The quantitative estimate of drug-likeness (QED) is 0.363. The maximum Gasteiger partial charge on any atom is 0.410 e. The van der Waals surface area contributed by atoms with E-state index in [1.165, 1.54) is 6.26 Å². The molecule has 0 radical (unpaired) electrons. The minimum absolute atomic E-state index is 0.210. The number of nitrogens with zero attached hydrogens (tertiary/aromatic N) is 4. The highest BCUT2D eigenvalue weighted by Crippen LogP contribution is 2.44. The van der Waals surface area contributed by atoms with Gasteiger partial charge in [0, 0.05) is 17.5 Å². The summed E-state index contributed by atoms with van der Waals surface area (Å²) in [5.74, 6) is 1.19. The zero-order valence-corrected chi connectivity index (χ0v) is 17.9. The van der Waals surface area contributed by atoms with Crippen LogP contribution in [0.25, 0.3) is 11.5 Å². The second-order valence-corrected chi connectivity index (χ2v) is 8.24. The monoisotopic (exact) mass is 480 g/mol. The minimum Gasteiger partial charge on any atom is -0.467 e. The van der Waals surface area contributed by atoms with Crippen LogP contribution in [0, 0.1) is 4.77 Å². The lowest BCUT2D eigenvalue weighted by Crippen LogP contribution is -2.35. The molecule has 2 N–H and O–H groups in total. The van der Waals surface area contributed by atoms with Crippen molar-refractivity contribution < 1.29 is 17.6 Å². The first kappa shape index (κ1) is 20.8. The molecule has 0 amide bonds. The molecule has 1 aliphatic heterocycles. The van der Waals surface area contributed by atoms with E-state index in [2.05, 4.69) is 20.6 Å². The average Bonchev–Trinajstić information content (AvgIpc) is 3.48. The molecule has 12 heteroatoms. The van der Waals surface area contributed by atoms with Crippen molar-refractivity contribution in [2.75, 3.05) is 5.32 Å². The molecule has 0 bridgehead atoms. The van der Waals surface area contributed by atoms with Crippen LogP contribution in [0.4, 0.5) is 19.0 Å². The van der Waals surface area contributed by atoms with Gasteiger partial charge in [-0.1, -0.05) is 23.7 Å². The van der Waals surface area contributed by atoms with Gasteiger partial charge in [0.2, 0.25) is 0 Å². The highest BCUT2D eigenvalue weighted by Gasteiger charge is 2.46. The smallest absolute Gasteiger partial charge is 0.410 e. The van der Waals surface area contributed by atoms with Crippen molar-refractivity contribution in [2.24, 2.45) is 0 Å². The molecule has 4 aromatic rings. The van der Waals surface area contributed by atoms with Crippen LogP contribution in [-0.4, -0.2) is 30.7 Å². The molecule has 0 aliphatic carbocycles. The summed E-state index contributed by atoms with van der Waals surface area (Å²) in [6, 6.07) is 9.45. The molecule has 0 spiro atoms. The number of aromatic nitrogens is 5. The third-order valence-corrected chi connectivity index (χ3v) is 5.91. The maximum atomic E-state index is 14.0. The van der Waals surface area contributed by atoms with Crippen LogP contribution in [0.2, 0.25) is 5.02 Å². The zero-order chi connectivity index (χ0) is 22.5. The Bertz CT molecular complexity index is 1290. The van der Waals surface area contributed by atoms with E-state index in [0.717, 1.165) is 4.68 Å². The molecule has 32 heavy (non-hydrogen) atoms. The normalized spacial score (nSPS) is 18.4. The van der Waals surface area contributed by atoms with E-state index < -0.39 is 18.3 Å². The maximum absolute atomic E-state index is 14.0. The number of nitrogens with one attached hydrogen (secondary N) is 2. The Hall–Kier alpha value is -3.05. The molecule has 5 rings (SSSR count). The highest BCUT2D eigenvalue weighted by molar-refractivity contribution is 7.71. The SMILES string of the molecule is FC(F)(F)[C@H]1C[C@@H](c2ccc(Cl)cc2)Nc2cc(-c3n[nH]c(=S)n3Cc3ccco3)nn21. The summed E-state index contributed by atoms with van der Waals surface area (Å²) in [6.07, 6.45) is -3.16. The molecule has 2 atom stereocenters. The van der Waals surface area contributed by atoms with Gasteiger partial charge in [0.1, 0.15) is 17.3 Å². The van der Waals surface area contributed by atoms with Crippen LogP contribution in [0.15, 0.2) is 53.1 Å². The number of H-pyrrole nitrogens is 1. The van der Waals surface area contributed by atoms with E-state index in [-0.39, 0.29) is 24.5 Å². The molecule has 1 aliphatic rings. The van der Waals surface area contributed by atoms with Crippen LogP contribution in [0.5, 0.6) is 0 Å². The van der Waals surface area contributed by atoms with Gasteiger partial charge in [-0.25, -0.2) is 4.68 Å². The van der Waals surface area contributed by atoms with Crippen molar-refractivity contribution in [2.45, 2.75) is 31.2 Å². The fourth-order valence-corrected chi connectivity index (χ4v) is 4.14. The third kappa shape index (κ3) is 3.82. The van der Waals surface area contributed by atoms with Crippen LogP contribution >= 0.6 is 23.8 Å². The van der Waals surface area contributed by atoms with Crippen molar-refractivity contribution in [3.8, 4) is 11.5 Å². The predicted octanol–water partition coefficient (Wildman–Crippen LogP) is 5.76.